The van der Waals surface area contributed by atoms with Gasteiger partial charge in [-0.15, -0.1) is 0 Å². The lowest BCUT2D eigenvalue weighted by atomic mass is 9.94. The highest BCUT2D eigenvalue weighted by Gasteiger charge is 2.34. The number of nitrogens with zero attached hydrogens (tertiary/aromatic N) is 1. The molecule has 1 amide bonds. The van der Waals surface area contributed by atoms with Crippen LogP contribution in [0.2, 0.25) is 0 Å². The van der Waals surface area contributed by atoms with Gasteiger partial charge in [0, 0.05) is 5.92 Å². The summed E-state index contributed by atoms with van der Waals surface area (Å²) in [5.74, 6) is -0.323. The van der Waals surface area contributed by atoms with E-state index in [0.29, 0.717) is 11.1 Å². The largest absolute Gasteiger partial charge is 0.418 e. The van der Waals surface area contributed by atoms with Crippen LogP contribution in [-0.4, -0.2) is 10.9 Å². The van der Waals surface area contributed by atoms with Crippen molar-refractivity contribution in [2.75, 3.05) is 5.32 Å². The van der Waals surface area contributed by atoms with Crippen LogP contribution in [0.4, 0.5) is 18.3 Å². The minimum Gasteiger partial charge on any atom is -0.302 e. The minimum atomic E-state index is -4.46. The van der Waals surface area contributed by atoms with Gasteiger partial charge in [0.2, 0.25) is 5.91 Å². The van der Waals surface area contributed by atoms with Crippen LogP contribution in [0, 0.1) is 5.92 Å². The monoisotopic (exact) mass is 326 g/mol. The average Bonchev–Trinajstić information content (AvgIpc) is 2.89. The van der Waals surface area contributed by atoms with Gasteiger partial charge >= 0.3 is 6.18 Å². The summed E-state index contributed by atoms with van der Waals surface area (Å²) in [4.78, 5) is 16.1. The van der Waals surface area contributed by atoms with Gasteiger partial charge in [-0.3, -0.25) is 4.79 Å². The van der Waals surface area contributed by atoms with Gasteiger partial charge in [-0.05, 0) is 31.4 Å². The van der Waals surface area contributed by atoms with Crippen LogP contribution in [0.25, 0.3) is 10.2 Å². The van der Waals surface area contributed by atoms with Gasteiger partial charge in [-0.1, -0.05) is 29.6 Å². The highest BCUT2D eigenvalue weighted by Crippen LogP contribution is 2.37. The number of carbonyl (C=O) groups excluding carboxylic acids is 1. The van der Waals surface area contributed by atoms with Crippen molar-refractivity contribution >= 4 is 32.6 Å². The summed E-state index contributed by atoms with van der Waals surface area (Å²) in [6.07, 6.45) is 1.77. The molecule has 1 N–H and O–H groups in total. The maximum absolute atomic E-state index is 13.0. The first-order valence-electron chi connectivity index (χ1n) is 6.88. The molecule has 0 aliphatic heterocycles. The fraction of sp³-hybridized carbons (Fsp3) is 0.333. The maximum Gasteiger partial charge on any atom is 0.418 e. The Labute approximate surface area is 128 Å². The summed E-state index contributed by atoms with van der Waals surface area (Å²) in [6.45, 7) is 0. The van der Waals surface area contributed by atoms with Gasteiger partial charge in [-0.2, -0.15) is 13.2 Å². The van der Waals surface area contributed by atoms with E-state index in [1.54, 1.807) is 6.07 Å². The number of nitrogens with one attached hydrogen (secondary N) is 1. The number of benzene rings is 1. The molecule has 3 rings (SSSR count). The highest BCUT2D eigenvalue weighted by molar-refractivity contribution is 7.22. The zero-order valence-electron chi connectivity index (χ0n) is 11.5. The molecule has 0 saturated carbocycles. The lowest BCUT2D eigenvalue weighted by molar-refractivity contribution is -0.136. The van der Waals surface area contributed by atoms with Crippen molar-refractivity contribution in [3.05, 3.63) is 35.9 Å². The molecular formula is C15H13F3N2OS. The van der Waals surface area contributed by atoms with E-state index in [0.717, 1.165) is 30.2 Å². The summed E-state index contributed by atoms with van der Waals surface area (Å²) < 4.78 is 39.3. The van der Waals surface area contributed by atoms with E-state index in [2.05, 4.69) is 10.3 Å². The Morgan fingerprint density at radius 2 is 2.14 bits per heavy atom. The molecule has 22 heavy (non-hydrogen) atoms. The maximum atomic E-state index is 13.0. The fourth-order valence-electron chi connectivity index (χ4n) is 2.47. The van der Waals surface area contributed by atoms with Gasteiger partial charge in [-0.25, -0.2) is 4.98 Å². The number of hydrogen-bond donors (Lipinski definition) is 1. The molecule has 0 spiro atoms. The van der Waals surface area contributed by atoms with E-state index < -0.39 is 11.7 Å². The Morgan fingerprint density at radius 1 is 1.32 bits per heavy atom. The third-order valence-corrected chi connectivity index (χ3v) is 4.53. The number of aromatic nitrogens is 1. The molecule has 1 atom stereocenters. The third kappa shape index (κ3) is 2.99. The Kier molecular flexibility index (Phi) is 3.90. The first kappa shape index (κ1) is 15.0. The van der Waals surface area contributed by atoms with Crippen LogP contribution in [0.3, 0.4) is 0 Å². The third-order valence-electron chi connectivity index (χ3n) is 3.59. The molecule has 7 heteroatoms. The smallest absolute Gasteiger partial charge is 0.302 e. The molecule has 1 aromatic carbocycles. The quantitative estimate of drug-likeness (QED) is 0.819. The van der Waals surface area contributed by atoms with Crippen LogP contribution in [0.15, 0.2) is 30.4 Å². The second-order valence-electron chi connectivity index (χ2n) is 5.14. The number of hydrogen-bond acceptors (Lipinski definition) is 3. The zero-order valence-corrected chi connectivity index (χ0v) is 12.3. The Morgan fingerprint density at radius 3 is 2.82 bits per heavy atom. The first-order chi connectivity index (χ1) is 10.4. The second kappa shape index (κ2) is 5.72. The summed E-state index contributed by atoms with van der Waals surface area (Å²) in [5, 5.41) is 2.86. The second-order valence-corrected chi connectivity index (χ2v) is 6.17. The van der Waals surface area contributed by atoms with Crippen LogP contribution < -0.4 is 5.32 Å². The molecular weight excluding hydrogens is 313 g/mol. The standard InChI is InChI=1S/C15H13F3N2OS/c16-15(17,18)10-7-4-8-11-12(10)19-14(22-11)20-13(21)9-5-2-1-3-6-9/h1-2,4,7-9H,3,5-6H2,(H,19,20,21)/t9-/m0/s1. The van der Waals surface area contributed by atoms with E-state index in [4.69, 9.17) is 0 Å². The van der Waals surface area contributed by atoms with Crippen molar-refractivity contribution in [3.63, 3.8) is 0 Å². The van der Waals surface area contributed by atoms with E-state index in [1.807, 2.05) is 12.2 Å². The van der Waals surface area contributed by atoms with Crippen molar-refractivity contribution < 1.29 is 18.0 Å². The number of amides is 1. The molecule has 1 heterocycles. The number of allylic oxidation sites excluding steroid dienone is 2. The van der Waals surface area contributed by atoms with Crippen LogP contribution in [0.1, 0.15) is 24.8 Å². The van der Waals surface area contributed by atoms with Crippen molar-refractivity contribution in [1.82, 2.24) is 4.98 Å². The molecule has 1 aliphatic carbocycles. The molecule has 3 nitrogen and oxygen atoms in total. The zero-order chi connectivity index (χ0) is 15.7. The van der Waals surface area contributed by atoms with Gasteiger partial charge in [0.15, 0.2) is 5.13 Å². The Hall–Kier alpha value is -1.89. The lowest BCUT2D eigenvalue weighted by Crippen LogP contribution is -2.23. The van der Waals surface area contributed by atoms with E-state index in [-0.39, 0.29) is 22.5 Å². The molecule has 0 radical (unpaired) electrons. The normalized spacial score (nSPS) is 18.6. The lowest BCUT2D eigenvalue weighted by Gasteiger charge is -2.15. The number of halogens is 3. The number of thiazole rings is 1. The number of carbonyl (C=O) groups is 1. The van der Waals surface area contributed by atoms with Crippen LogP contribution in [0.5, 0.6) is 0 Å². The molecule has 0 bridgehead atoms. The fourth-order valence-corrected chi connectivity index (χ4v) is 3.37. The molecule has 0 saturated heterocycles. The van der Waals surface area contributed by atoms with Gasteiger partial charge < -0.3 is 5.32 Å². The van der Waals surface area contributed by atoms with Gasteiger partial charge in [0.25, 0.3) is 0 Å². The predicted molar refractivity (Wildman–Crippen MR) is 79.7 cm³/mol. The first-order valence-corrected chi connectivity index (χ1v) is 7.69. The van der Waals surface area contributed by atoms with Gasteiger partial charge in [0.05, 0.1) is 15.8 Å². The van der Waals surface area contributed by atoms with Crippen LogP contribution >= 0.6 is 11.3 Å². The summed E-state index contributed by atoms with van der Waals surface area (Å²) in [6, 6.07) is 3.92. The van der Waals surface area contributed by atoms with E-state index in [9.17, 15) is 18.0 Å². The van der Waals surface area contributed by atoms with Crippen molar-refractivity contribution in [1.29, 1.82) is 0 Å². The highest BCUT2D eigenvalue weighted by atomic mass is 32.1. The summed E-state index contributed by atoms with van der Waals surface area (Å²) in [5.41, 5.74) is -0.888. The van der Waals surface area contributed by atoms with Crippen molar-refractivity contribution in [2.45, 2.75) is 25.4 Å². The summed E-state index contributed by atoms with van der Waals surface area (Å²) >= 11 is 1.06. The number of alkyl halides is 3. The van der Waals surface area contributed by atoms with E-state index in [1.165, 1.54) is 6.07 Å². The molecule has 0 fully saturated rings. The molecule has 1 aromatic heterocycles. The number of fused-ring (bicyclic) bond motifs is 1. The molecule has 2 aromatic rings. The Balaban J connectivity index is 1.86. The minimum absolute atomic E-state index is 0.112. The number of anilines is 1. The number of para-hydroxylation sites is 1. The predicted octanol–water partition coefficient (Wildman–Crippen LogP) is 4.61. The molecule has 116 valence electrons. The van der Waals surface area contributed by atoms with Crippen molar-refractivity contribution in [2.24, 2.45) is 5.92 Å². The topological polar surface area (TPSA) is 42.0 Å². The number of rotatable bonds is 2. The van der Waals surface area contributed by atoms with Crippen molar-refractivity contribution in [3.8, 4) is 0 Å². The Bertz CT molecular complexity index is 736. The van der Waals surface area contributed by atoms with Crippen LogP contribution in [-0.2, 0) is 11.0 Å². The average molecular weight is 326 g/mol. The van der Waals surface area contributed by atoms with Gasteiger partial charge in [0.1, 0.15) is 0 Å². The summed E-state index contributed by atoms with van der Waals surface area (Å²) in [7, 11) is 0. The van der Waals surface area contributed by atoms with E-state index >= 15 is 0 Å². The molecule has 1 aliphatic rings. The molecule has 0 unspecified atom stereocenters. The SMILES string of the molecule is O=C(Nc1nc2c(C(F)(F)F)cccc2s1)[C@H]1CC=CCC1.